The summed E-state index contributed by atoms with van der Waals surface area (Å²) in [7, 11) is 4.02. The van der Waals surface area contributed by atoms with E-state index in [-0.39, 0.29) is 18.3 Å². The molecule has 2 N–H and O–H groups in total. The van der Waals surface area contributed by atoms with Crippen LogP contribution in [0.5, 0.6) is 0 Å². The molecule has 172 valence electrons. The van der Waals surface area contributed by atoms with E-state index in [9.17, 15) is 4.39 Å². The molecule has 1 saturated carbocycles. The standard InChI is InChI=1S/C24H29ClFN5.CH4/c1-31(2)23-19-5-3-4-6-22(19)29-24(30-23)28-18-10-7-16(8-11-18)14-27-15-17-9-12-21(26)20(25)13-17;/h3-6,9,12-13,16,18,27H,7-8,10-11,14-15H2,1-2H3,(H,28,29,30);1H4. The average Bonchev–Trinajstić information content (AvgIpc) is 2.77. The van der Waals surface area contributed by atoms with Crippen molar-refractivity contribution >= 4 is 34.3 Å². The zero-order chi connectivity index (χ0) is 21.8. The van der Waals surface area contributed by atoms with Crippen molar-refractivity contribution in [2.45, 2.75) is 45.7 Å². The van der Waals surface area contributed by atoms with E-state index in [4.69, 9.17) is 21.6 Å². The van der Waals surface area contributed by atoms with E-state index in [1.165, 1.54) is 6.07 Å². The van der Waals surface area contributed by atoms with Crippen LogP contribution in [0.15, 0.2) is 42.5 Å². The SMILES string of the molecule is C.CN(C)c1nc(NC2CCC(CNCc3ccc(F)c(Cl)c3)CC2)nc2ccccc12. The molecule has 0 spiro atoms. The van der Waals surface area contributed by atoms with Crippen molar-refractivity contribution in [1.29, 1.82) is 0 Å². The second-order valence-corrected chi connectivity index (χ2v) is 8.93. The lowest BCUT2D eigenvalue weighted by Crippen LogP contribution is -2.31. The van der Waals surface area contributed by atoms with Crippen molar-refractivity contribution in [2.75, 3.05) is 30.9 Å². The number of halogens is 2. The molecule has 0 unspecified atom stereocenters. The van der Waals surface area contributed by atoms with Gasteiger partial charge in [0, 0.05) is 32.1 Å². The molecule has 32 heavy (non-hydrogen) atoms. The van der Waals surface area contributed by atoms with Crippen LogP contribution in [0.1, 0.15) is 38.7 Å². The third kappa shape index (κ3) is 5.87. The fourth-order valence-corrected chi connectivity index (χ4v) is 4.43. The van der Waals surface area contributed by atoms with E-state index in [2.05, 4.69) is 16.7 Å². The molecular weight excluding hydrogens is 425 g/mol. The van der Waals surface area contributed by atoms with E-state index in [0.717, 1.165) is 54.5 Å². The zero-order valence-electron chi connectivity index (χ0n) is 18.0. The first kappa shape index (κ1) is 24.2. The van der Waals surface area contributed by atoms with Crippen LogP contribution < -0.4 is 15.5 Å². The Morgan fingerprint density at radius 3 is 2.53 bits per heavy atom. The monoisotopic (exact) mass is 457 g/mol. The molecule has 0 saturated heterocycles. The summed E-state index contributed by atoms with van der Waals surface area (Å²) in [6, 6.07) is 13.4. The molecule has 0 amide bonds. The summed E-state index contributed by atoms with van der Waals surface area (Å²) in [6.45, 7) is 1.66. The maximum Gasteiger partial charge on any atom is 0.225 e. The van der Waals surface area contributed by atoms with Crippen LogP contribution in [-0.2, 0) is 6.54 Å². The maximum atomic E-state index is 13.3. The highest BCUT2D eigenvalue weighted by atomic mass is 35.5. The number of rotatable bonds is 7. The largest absolute Gasteiger partial charge is 0.362 e. The maximum absolute atomic E-state index is 13.3. The van der Waals surface area contributed by atoms with Crippen molar-refractivity contribution < 1.29 is 4.39 Å². The van der Waals surface area contributed by atoms with E-state index in [1.807, 2.05) is 37.2 Å². The summed E-state index contributed by atoms with van der Waals surface area (Å²) < 4.78 is 13.3. The Labute approximate surface area is 195 Å². The third-order valence-corrected chi connectivity index (χ3v) is 6.22. The highest BCUT2D eigenvalue weighted by Gasteiger charge is 2.22. The first-order chi connectivity index (χ1) is 15.0. The van der Waals surface area contributed by atoms with Gasteiger partial charge >= 0.3 is 0 Å². The van der Waals surface area contributed by atoms with Crippen LogP contribution in [0.2, 0.25) is 5.02 Å². The van der Waals surface area contributed by atoms with Gasteiger partial charge in [-0.2, -0.15) is 4.98 Å². The van der Waals surface area contributed by atoms with Crippen LogP contribution in [0.4, 0.5) is 16.2 Å². The van der Waals surface area contributed by atoms with Gasteiger partial charge in [0.15, 0.2) is 0 Å². The molecule has 5 nitrogen and oxygen atoms in total. The first-order valence-electron chi connectivity index (χ1n) is 10.8. The van der Waals surface area contributed by atoms with Crippen LogP contribution in [0.25, 0.3) is 10.9 Å². The predicted molar refractivity (Wildman–Crippen MR) is 133 cm³/mol. The molecule has 0 atom stereocenters. The highest BCUT2D eigenvalue weighted by molar-refractivity contribution is 6.30. The van der Waals surface area contributed by atoms with Crippen molar-refractivity contribution in [3.63, 3.8) is 0 Å². The quantitative estimate of drug-likeness (QED) is 0.463. The van der Waals surface area contributed by atoms with Gasteiger partial charge in [-0.3, -0.25) is 0 Å². The van der Waals surface area contributed by atoms with Gasteiger partial charge in [0.25, 0.3) is 0 Å². The number of para-hydroxylation sites is 1. The van der Waals surface area contributed by atoms with Gasteiger partial charge < -0.3 is 15.5 Å². The second kappa shape index (κ2) is 10.9. The summed E-state index contributed by atoms with van der Waals surface area (Å²) in [5.41, 5.74) is 1.97. The van der Waals surface area contributed by atoms with Crippen molar-refractivity contribution in [3.05, 3.63) is 58.9 Å². The van der Waals surface area contributed by atoms with Crippen LogP contribution >= 0.6 is 11.6 Å². The molecule has 0 radical (unpaired) electrons. The highest BCUT2D eigenvalue weighted by Crippen LogP contribution is 2.28. The van der Waals surface area contributed by atoms with Crippen molar-refractivity contribution in [1.82, 2.24) is 15.3 Å². The summed E-state index contributed by atoms with van der Waals surface area (Å²) in [6.07, 6.45) is 4.51. The molecule has 0 aliphatic heterocycles. The smallest absolute Gasteiger partial charge is 0.225 e. The lowest BCUT2D eigenvalue weighted by atomic mass is 9.86. The first-order valence-corrected chi connectivity index (χ1v) is 11.2. The average molecular weight is 458 g/mol. The number of aromatic nitrogens is 2. The Morgan fingerprint density at radius 1 is 1.06 bits per heavy atom. The van der Waals surface area contributed by atoms with Gasteiger partial charge in [0.05, 0.1) is 10.5 Å². The third-order valence-electron chi connectivity index (χ3n) is 5.93. The molecule has 3 aromatic rings. The van der Waals surface area contributed by atoms with Crippen molar-refractivity contribution in [3.8, 4) is 0 Å². The number of fused-ring (bicyclic) bond motifs is 1. The van der Waals surface area contributed by atoms with Crippen LogP contribution in [-0.4, -0.2) is 36.6 Å². The van der Waals surface area contributed by atoms with Crippen LogP contribution in [0, 0.1) is 11.7 Å². The molecule has 1 aromatic heterocycles. The van der Waals surface area contributed by atoms with E-state index < -0.39 is 0 Å². The Morgan fingerprint density at radius 2 is 1.81 bits per heavy atom. The molecule has 1 aliphatic rings. The number of benzene rings is 2. The topological polar surface area (TPSA) is 53.1 Å². The molecule has 0 bridgehead atoms. The van der Waals surface area contributed by atoms with Gasteiger partial charge in [-0.25, -0.2) is 9.37 Å². The lowest BCUT2D eigenvalue weighted by molar-refractivity contribution is 0.324. The Hall–Kier alpha value is -2.44. The van der Waals surface area contributed by atoms with E-state index >= 15 is 0 Å². The van der Waals surface area contributed by atoms with Crippen LogP contribution in [0.3, 0.4) is 0 Å². The van der Waals surface area contributed by atoms with Gasteiger partial charge in [-0.05, 0) is 68.0 Å². The van der Waals surface area contributed by atoms with Crippen molar-refractivity contribution in [2.24, 2.45) is 5.92 Å². The molecule has 1 heterocycles. The number of nitrogens with one attached hydrogen (secondary N) is 2. The summed E-state index contributed by atoms with van der Waals surface area (Å²) in [5, 5.41) is 8.30. The molecule has 1 aliphatic carbocycles. The Bertz CT molecular complexity index is 1030. The van der Waals surface area contributed by atoms with Gasteiger partial charge in [-0.1, -0.05) is 37.2 Å². The summed E-state index contributed by atoms with van der Waals surface area (Å²) in [5.74, 6) is 1.91. The molecule has 4 rings (SSSR count). The predicted octanol–water partition coefficient (Wildman–Crippen LogP) is 5.88. The Kier molecular flexibility index (Phi) is 8.26. The number of hydrogen-bond donors (Lipinski definition) is 2. The molecule has 2 aromatic carbocycles. The number of nitrogens with zero attached hydrogens (tertiary/aromatic N) is 3. The fourth-order valence-electron chi connectivity index (χ4n) is 4.23. The van der Waals surface area contributed by atoms with E-state index in [1.54, 1.807) is 12.1 Å². The minimum Gasteiger partial charge on any atom is -0.362 e. The number of anilines is 2. The molecule has 1 fully saturated rings. The Balaban J connectivity index is 0.00000289. The minimum absolute atomic E-state index is 0. The normalized spacial score (nSPS) is 18.2. The summed E-state index contributed by atoms with van der Waals surface area (Å²) in [4.78, 5) is 11.5. The van der Waals surface area contributed by atoms with Gasteiger partial charge in [0.1, 0.15) is 11.6 Å². The second-order valence-electron chi connectivity index (χ2n) is 8.52. The zero-order valence-corrected chi connectivity index (χ0v) is 18.8. The van der Waals surface area contributed by atoms with Gasteiger partial charge in [-0.15, -0.1) is 0 Å². The molecular formula is C25H33ClFN5. The van der Waals surface area contributed by atoms with E-state index in [0.29, 0.717) is 24.5 Å². The fraction of sp³-hybridized carbons (Fsp3) is 0.440. The molecule has 7 heteroatoms. The number of hydrogen-bond acceptors (Lipinski definition) is 5. The van der Waals surface area contributed by atoms with Gasteiger partial charge in [0.2, 0.25) is 5.95 Å². The summed E-state index contributed by atoms with van der Waals surface area (Å²) >= 11 is 5.86. The lowest BCUT2D eigenvalue weighted by Gasteiger charge is -2.29. The minimum atomic E-state index is -0.371.